The predicted molar refractivity (Wildman–Crippen MR) is 123 cm³/mol. The Balaban J connectivity index is 1.34. The molecule has 0 aliphatic carbocycles. The first-order valence-electron chi connectivity index (χ1n) is 10.6. The summed E-state index contributed by atoms with van der Waals surface area (Å²) in [5, 5.41) is 8.72. The normalized spacial score (nSPS) is 16.8. The van der Waals surface area contributed by atoms with Crippen molar-refractivity contribution in [2.45, 2.75) is 19.3 Å². The van der Waals surface area contributed by atoms with Gasteiger partial charge in [0.25, 0.3) is 0 Å². The molecule has 1 fully saturated rings. The van der Waals surface area contributed by atoms with Crippen LogP contribution in [0.1, 0.15) is 19.3 Å². The van der Waals surface area contributed by atoms with Gasteiger partial charge in [0.1, 0.15) is 11.6 Å². The number of anilines is 1. The van der Waals surface area contributed by atoms with Crippen molar-refractivity contribution in [1.29, 1.82) is 0 Å². The highest BCUT2D eigenvalue weighted by atomic mass is 19.1. The molecule has 1 saturated heterocycles. The van der Waals surface area contributed by atoms with Crippen LogP contribution in [0, 0.1) is 11.7 Å². The van der Waals surface area contributed by atoms with Gasteiger partial charge in [0, 0.05) is 41.4 Å². The Labute approximate surface area is 180 Å². The molecule has 0 spiro atoms. The number of hydrogen-bond acceptors (Lipinski definition) is 5. The quantitative estimate of drug-likeness (QED) is 0.612. The van der Waals surface area contributed by atoms with Gasteiger partial charge < -0.3 is 10.6 Å². The number of allylic oxidation sites excluding steroid dienone is 1. The fourth-order valence-electron chi connectivity index (χ4n) is 4.23. The third kappa shape index (κ3) is 4.25. The number of fused-ring (bicyclic) bond motifs is 1. The van der Waals surface area contributed by atoms with Crippen molar-refractivity contribution in [2.75, 3.05) is 18.4 Å². The molecule has 156 valence electrons. The highest BCUT2D eigenvalue weighted by Crippen LogP contribution is 2.28. The lowest BCUT2D eigenvalue weighted by molar-refractivity contribution is 0.454. The minimum Gasteiger partial charge on any atom is -0.339 e. The van der Waals surface area contributed by atoms with Crippen LogP contribution in [0.5, 0.6) is 0 Å². The SMILES string of the molecule is C=C(Nc1cc2cc(-c3cncc(F)c3)ccc2cn1)C1=CCC(C2CCNCC2)=N1. The van der Waals surface area contributed by atoms with E-state index in [0.717, 1.165) is 65.6 Å². The highest BCUT2D eigenvalue weighted by Gasteiger charge is 2.22. The zero-order chi connectivity index (χ0) is 21.2. The van der Waals surface area contributed by atoms with Gasteiger partial charge in [0.15, 0.2) is 0 Å². The van der Waals surface area contributed by atoms with E-state index in [1.807, 2.05) is 30.5 Å². The molecule has 0 saturated carbocycles. The van der Waals surface area contributed by atoms with Gasteiger partial charge in [-0.05, 0) is 55.1 Å². The maximum atomic E-state index is 13.6. The third-order valence-corrected chi connectivity index (χ3v) is 5.93. The van der Waals surface area contributed by atoms with Gasteiger partial charge in [0.2, 0.25) is 0 Å². The second-order valence-corrected chi connectivity index (χ2v) is 8.05. The van der Waals surface area contributed by atoms with Crippen molar-refractivity contribution in [3.8, 4) is 11.1 Å². The molecule has 2 aliphatic heterocycles. The fourth-order valence-corrected chi connectivity index (χ4v) is 4.23. The number of nitrogens with one attached hydrogen (secondary N) is 2. The number of piperidine rings is 1. The van der Waals surface area contributed by atoms with Crippen LogP contribution in [0.2, 0.25) is 0 Å². The summed E-state index contributed by atoms with van der Waals surface area (Å²) in [6.45, 7) is 6.30. The van der Waals surface area contributed by atoms with E-state index in [1.165, 1.54) is 18.0 Å². The van der Waals surface area contributed by atoms with Gasteiger partial charge >= 0.3 is 0 Å². The first kappa shape index (κ1) is 19.6. The average molecular weight is 414 g/mol. The molecule has 5 rings (SSSR count). The summed E-state index contributed by atoms with van der Waals surface area (Å²) in [5.74, 6) is 0.927. The van der Waals surface area contributed by atoms with Gasteiger partial charge in [-0.1, -0.05) is 24.8 Å². The minimum atomic E-state index is -0.347. The molecule has 2 aromatic heterocycles. The summed E-state index contributed by atoms with van der Waals surface area (Å²) >= 11 is 0. The van der Waals surface area contributed by atoms with Crippen LogP contribution in [-0.4, -0.2) is 28.8 Å². The molecule has 1 aromatic carbocycles. The zero-order valence-electron chi connectivity index (χ0n) is 17.2. The Bertz CT molecular complexity index is 1210. The van der Waals surface area contributed by atoms with Crippen molar-refractivity contribution >= 4 is 22.3 Å². The number of aromatic nitrogens is 2. The second-order valence-electron chi connectivity index (χ2n) is 8.05. The van der Waals surface area contributed by atoms with Crippen LogP contribution in [0.4, 0.5) is 10.2 Å². The van der Waals surface area contributed by atoms with Crippen LogP contribution in [-0.2, 0) is 0 Å². The summed E-state index contributed by atoms with van der Waals surface area (Å²) in [6.07, 6.45) is 10.0. The van der Waals surface area contributed by atoms with Crippen molar-refractivity contribution in [1.82, 2.24) is 15.3 Å². The van der Waals surface area contributed by atoms with Crippen molar-refractivity contribution < 1.29 is 4.39 Å². The Kier molecular flexibility index (Phi) is 5.30. The topological polar surface area (TPSA) is 62.2 Å². The number of aliphatic imine (C=N–C) groups is 1. The molecule has 0 amide bonds. The van der Waals surface area contributed by atoms with E-state index in [2.05, 4.69) is 33.3 Å². The Hall–Kier alpha value is -3.38. The van der Waals surface area contributed by atoms with Gasteiger partial charge in [-0.2, -0.15) is 0 Å². The first-order chi connectivity index (χ1) is 15.2. The monoisotopic (exact) mass is 413 g/mol. The summed E-state index contributed by atoms with van der Waals surface area (Å²) in [4.78, 5) is 13.3. The minimum absolute atomic E-state index is 0.347. The summed E-state index contributed by atoms with van der Waals surface area (Å²) in [7, 11) is 0. The zero-order valence-corrected chi connectivity index (χ0v) is 17.2. The van der Waals surface area contributed by atoms with E-state index < -0.39 is 0 Å². The smallest absolute Gasteiger partial charge is 0.142 e. The maximum absolute atomic E-state index is 13.6. The maximum Gasteiger partial charge on any atom is 0.142 e. The van der Waals surface area contributed by atoms with Gasteiger partial charge in [-0.25, -0.2) is 9.37 Å². The molecule has 3 aromatic rings. The molecule has 2 N–H and O–H groups in total. The second kappa shape index (κ2) is 8.40. The number of pyridine rings is 2. The predicted octanol–water partition coefficient (Wildman–Crippen LogP) is 5.09. The Morgan fingerprint density at radius 2 is 1.90 bits per heavy atom. The number of rotatable bonds is 5. The Morgan fingerprint density at radius 3 is 2.74 bits per heavy atom. The number of hydrogen-bond donors (Lipinski definition) is 2. The van der Waals surface area contributed by atoms with Crippen molar-refractivity contribution in [2.24, 2.45) is 10.9 Å². The summed E-state index contributed by atoms with van der Waals surface area (Å²) < 4.78 is 13.6. The first-order valence-corrected chi connectivity index (χ1v) is 10.6. The molecule has 0 atom stereocenters. The van der Waals surface area contributed by atoms with Crippen LogP contribution in [0.15, 0.2) is 78.0 Å². The van der Waals surface area contributed by atoms with Crippen LogP contribution in [0.3, 0.4) is 0 Å². The molecule has 31 heavy (non-hydrogen) atoms. The highest BCUT2D eigenvalue weighted by molar-refractivity contribution is 5.92. The molecule has 0 bridgehead atoms. The molecule has 4 heterocycles. The van der Waals surface area contributed by atoms with E-state index >= 15 is 0 Å². The lowest BCUT2D eigenvalue weighted by atomic mass is 9.92. The van der Waals surface area contributed by atoms with Gasteiger partial charge in [0.05, 0.1) is 17.6 Å². The van der Waals surface area contributed by atoms with Crippen LogP contribution >= 0.6 is 0 Å². The van der Waals surface area contributed by atoms with Gasteiger partial charge in [-0.3, -0.25) is 9.98 Å². The van der Waals surface area contributed by atoms with E-state index in [1.54, 1.807) is 6.20 Å². The lowest BCUT2D eigenvalue weighted by Gasteiger charge is -2.22. The number of nitrogens with zero attached hydrogens (tertiary/aromatic N) is 3. The average Bonchev–Trinajstić information content (AvgIpc) is 3.30. The lowest BCUT2D eigenvalue weighted by Crippen LogP contribution is -2.31. The van der Waals surface area contributed by atoms with Gasteiger partial charge in [-0.15, -0.1) is 0 Å². The fraction of sp³-hybridized carbons (Fsp3) is 0.240. The molecular formula is C25H24FN5. The van der Waals surface area contributed by atoms with Crippen molar-refractivity contribution in [3.05, 3.63) is 78.8 Å². The van der Waals surface area contributed by atoms with Crippen LogP contribution in [0.25, 0.3) is 21.9 Å². The van der Waals surface area contributed by atoms with E-state index in [0.29, 0.717) is 11.7 Å². The summed E-state index contributed by atoms with van der Waals surface area (Å²) in [5.41, 5.74) is 4.56. The number of halogens is 1. The van der Waals surface area contributed by atoms with E-state index in [9.17, 15) is 4.39 Å². The largest absolute Gasteiger partial charge is 0.339 e. The molecule has 6 heteroatoms. The van der Waals surface area contributed by atoms with Crippen LogP contribution < -0.4 is 10.6 Å². The molecular weight excluding hydrogens is 389 g/mol. The molecule has 0 unspecified atom stereocenters. The Morgan fingerprint density at radius 1 is 1.03 bits per heavy atom. The van der Waals surface area contributed by atoms with Crippen molar-refractivity contribution in [3.63, 3.8) is 0 Å². The summed E-state index contributed by atoms with van der Waals surface area (Å²) in [6, 6.07) is 9.41. The number of benzene rings is 1. The van der Waals surface area contributed by atoms with E-state index in [4.69, 9.17) is 4.99 Å². The molecule has 5 nitrogen and oxygen atoms in total. The standard InChI is InChI=1S/C25H24FN5/c1-16(23-4-5-24(31-23)17-6-8-27-9-7-17)30-25-12-20-10-18(2-3-19(20)14-29-25)21-11-22(26)15-28-13-21/h2-4,10-15,17,27H,1,5-9H2,(H,29,30). The third-order valence-electron chi connectivity index (χ3n) is 5.93. The molecule has 2 aliphatic rings. The van der Waals surface area contributed by atoms with E-state index in [-0.39, 0.29) is 5.82 Å². The molecule has 0 radical (unpaired) electrons.